The first-order valence-electron chi connectivity index (χ1n) is 10.2. The highest BCUT2D eigenvalue weighted by molar-refractivity contribution is 6.35. The molecule has 0 radical (unpaired) electrons. The summed E-state index contributed by atoms with van der Waals surface area (Å²) in [6.07, 6.45) is -0.734. The zero-order chi connectivity index (χ0) is 24.1. The molecule has 0 aromatic heterocycles. The molecule has 0 unspecified atom stereocenters. The minimum Gasteiger partial charge on any atom is -0.507 e. The number of nitrogens with zero attached hydrogens (tertiary/aromatic N) is 3. The second-order valence-corrected chi connectivity index (χ2v) is 8.59. The first kappa shape index (κ1) is 24.9. The largest absolute Gasteiger partial charge is 0.507 e. The second-order valence-electron chi connectivity index (χ2n) is 7.75. The molecule has 178 valence electrons. The Balaban J connectivity index is 1.80. The van der Waals surface area contributed by atoms with Crippen LogP contribution in [-0.2, 0) is 11.3 Å². The van der Waals surface area contributed by atoms with Crippen molar-refractivity contribution in [1.29, 1.82) is 0 Å². The van der Waals surface area contributed by atoms with Gasteiger partial charge >= 0.3 is 12.1 Å². The van der Waals surface area contributed by atoms with Crippen LogP contribution >= 0.6 is 23.2 Å². The number of phenolic OH excluding ortho intramolecular Hbond substituents is 1. The number of piperazine rings is 1. The molecule has 0 bridgehead atoms. The van der Waals surface area contributed by atoms with Gasteiger partial charge in [0.15, 0.2) is 0 Å². The van der Waals surface area contributed by atoms with Crippen LogP contribution in [0.4, 0.5) is 10.5 Å². The molecule has 11 heteroatoms. The van der Waals surface area contributed by atoms with Gasteiger partial charge in [-0.15, -0.1) is 0 Å². The smallest absolute Gasteiger partial charge is 0.414 e. The molecule has 3 rings (SSSR count). The van der Waals surface area contributed by atoms with Crippen molar-refractivity contribution in [2.45, 2.75) is 6.54 Å². The number of carbonyl (C=O) groups excluding carboxylic acids is 1. The fourth-order valence-corrected chi connectivity index (χ4v) is 3.99. The van der Waals surface area contributed by atoms with Crippen LogP contribution in [0.15, 0.2) is 30.3 Å². The summed E-state index contributed by atoms with van der Waals surface area (Å²) >= 11 is 12.1. The van der Waals surface area contributed by atoms with Gasteiger partial charge in [0.25, 0.3) is 0 Å². The van der Waals surface area contributed by atoms with Crippen LogP contribution in [0, 0.1) is 0 Å². The number of phenols is 2. The van der Waals surface area contributed by atoms with Gasteiger partial charge in [0, 0.05) is 49.4 Å². The third-order valence-corrected chi connectivity index (χ3v) is 5.91. The van der Waals surface area contributed by atoms with Crippen molar-refractivity contribution in [2.75, 3.05) is 51.3 Å². The van der Waals surface area contributed by atoms with Crippen LogP contribution in [0.5, 0.6) is 11.5 Å². The monoisotopic (exact) mass is 497 g/mol. The van der Waals surface area contributed by atoms with Gasteiger partial charge in [-0.25, -0.2) is 9.59 Å². The molecule has 0 atom stereocenters. The Morgan fingerprint density at radius 2 is 1.79 bits per heavy atom. The summed E-state index contributed by atoms with van der Waals surface area (Å²) in [7, 11) is 2.05. The maximum absolute atomic E-state index is 13.0. The quantitative estimate of drug-likeness (QED) is 0.532. The van der Waals surface area contributed by atoms with E-state index in [1.165, 1.54) is 24.3 Å². The van der Waals surface area contributed by atoms with Crippen LogP contribution in [0.2, 0.25) is 10.0 Å². The van der Waals surface area contributed by atoms with E-state index in [1.807, 2.05) is 0 Å². The molecule has 0 saturated carbocycles. The predicted octanol–water partition coefficient (Wildman–Crippen LogP) is 3.49. The maximum Gasteiger partial charge on any atom is 0.414 e. The SMILES string of the molecule is CN1CCN(CCOC(=O)N(Cc2cc(Cl)cc(Cl)c2O)c2ccc(C(=O)O)c(O)c2)CC1. The number of benzene rings is 2. The first-order valence-corrected chi connectivity index (χ1v) is 11.0. The van der Waals surface area contributed by atoms with E-state index in [0.717, 1.165) is 37.1 Å². The number of carboxylic acid groups (broad SMARTS) is 1. The van der Waals surface area contributed by atoms with Crippen LogP contribution < -0.4 is 4.90 Å². The van der Waals surface area contributed by atoms with E-state index >= 15 is 0 Å². The number of carboxylic acids is 1. The van der Waals surface area contributed by atoms with Gasteiger partial charge < -0.3 is 25.0 Å². The number of likely N-dealkylation sites (N-methyl/N-ethyl adjacent to an activating group) is 1. The molecular formula is C22H25Cl2N3O6. The van der Waals surface area contributed by atoms with Gasteiger partial charge in [0.05, 0.1) is 17.3 Å². The van der Waals surface area contributed by atoms with Gasteiger partial charge in [-0.2, -0.15) is 0 Å². The summed E-state index contributed by atoms with van der Waals surface area (Å²) in [5, 5.41) is 29.9. The van der Waals surface area contributed by atoms with E-state index < -0.39 is 17.8 Å². The van der Waals surface area contributed by atoms with Crippen molar-refractivity contribution in [3.63, 3.8) is 0 Å². The van der Waals surface area contributed by atoms with Crippen LogP contribution in [0.3, 0.4) is 0 Å². The lowest BCUT2D eigenvalue weighted by Crippen LogP contribution is -2.45. The van der Waals surface area contributed by atoms with Gasteiger partial charge in [0.1, 0.15) is 23.7 Å². The molecule has 33 heavy (non-hydrogen) atoms. The number of anilines is 1. The minimum absolute atomic E-state index is 0.0185. The van der Waals surface area contributed by atoms with Gasteiger partial charge in [-0.3, -0.25) is 9.80 Å². The minimum atomic E-state index is -1.31. The number of ether oxygens (including phenoxy) is 1. The van der Waals surface area contributed by atoms with Gasteiger partial charge in [-0.05, 0) is 31.3 Å². The number of halogens is 2. The number of hydrogen-bond acceptors (Lipinski definition) is 7. The van der Waals surface area contributed by atoms with E-state index in [2.05, 4.69) is 16.8 Å². The van der Waals surface area contributed by atoms with E-state index in [-0.39, 0.29) is 45.8 Å². The topological polar surface area (TPSA) is 114 Å². The summed E-state index contributed by atoms with van der Waals surface area (Å²) in [4.78, 5) is 29.8. The summed E-state index contributed by atoms with van der Waals surface area (Å²) in [6, 6.07) is 6.53. The third-order valence-electron chi connectivity index (χ3n) is 5.41. The number of hydrogen-bond donors (Lipinski definition) is 3. The Morgan fingerprint density at radius 3 is 2.42 bits per heavy atom. The molecule has 0 spiro atoms. The highest BCUT2D eigenvalue weighted by Crippen LogP contribution is 2.34. The predicted molar refractivity (Wildman–Crippen MR) is 125 cm³/mol. The molecule has 1 aliphatic heterocycles. The summed E-state index contributed by atoms with van der Waals surface area (Å²) in [5.41, 5.74) is 0.124. The van der Waals surface area contributed by atoms with Crippen molar-refractivity contribution >= 4 is 41.0 Å². The lowest BCUT2D eigenvalue weighted by atomic mass is 10.1. The molecule has 1 aliphatic rings. The third kappa shape index (κ3) is 6.42. The second kappa shape index (κ2) is 10.9. The average molecular weight is 498 g/mol. The van der Waals surface area contributed by atoms with Gasteiger partial charge in [0.2, 0.25) is 0 Å². The average Bonchev–Trinajstić information content (AvgIpc) is 2.76. The zero-order valence-electron chi connectivity index (χ0n) is 18.0. The van der Waals surface area contributed by atoms with E-state index in [1.54, 1.807) is 0 Å². The van der Waals surface area contributed by atoms with Crippen LogP contribution in [0.1, 0.15) is 15.9 Å². The molecule has 0 aliphatic carbocycles. The molecule has 1 heterocycles. The lowest BCUT2D eigenvalue weighted by Gasteiger charge is -2.32. The van der Waals surface area contributed by atoms with Crippen LogP contribution in [0.25, 0.3) is 0 Å². The Morgan fingerprint density at radius 1 is 1.09 bits per heavy atom. The number of rotatable bonds is 7. The summed E-state index contributed by atoms with van der Waals surface area (Å²) in [6.45, 7) is 4.14. The molecule has 2 aromatic carbocycles. The van der Waals surface area contributed by atoms with Crippen LogP contribution in [-0.4, -0.2) is 83.6 Å². The fourth-order valence-electron chi connectivity index (χ4n) is 3.45. The van der Waals surface area contributed by atoms with E-state index in [4.69, 9.17) is 33.0 Å². The highest BCUT2D eigenvalue weighted by Gasteiger charge is 2.23. The fraction of sp³-hybridized carbons (Fsp3) is 0.364. The van der Waals surface area contributed by atoms with Crippen molar-refractivity contribution < 1.29 is 29.6 Å². The summed E-state index contributed by atoms with van der Waals surface area (Å²) in [5.74, 6) is -2.06. The number of aromatic carboxylic acids is 1. The number of aromatic hydroxyl groups is 2. The molecule has 2 aromatic rings. The molecular weight excluding hydrogens is 473 g/mol. The Kier molecular flexibility index (Phi) is 8.25. The number of carbonyl (C=O) groups is 2. The summed E-state index contributed by atoms with van der Waals surface area (Å²) < 4.78 is 5.46. The molecule has 3 N–H and O–H groups in total. The van der Waals surface area contributed by atoms with E-state index in [0.29, 0.717) is 6.54 Å². The van der Waals surface area contributed by atoms with Crippen molar-refractivity contribution in [3.8, 4) is 11.5 Å². The normalized spacial score (nSPS) is 14.8. The van der Waals surface area contributed by atoms with Crippen molar-refractivity contribution in [1.82, 2.24) is 9.80 Å². The Bertz CT molecular complexity index is 1030. The highest BCUT2D eigenvalue weighted by atomic mass is 35.5. The zero-order valence-corrected chi connectivity index (χ0v) is 19.5. The lowest BCUT2D eigenvalue weighted by molar-refractivity contribution is 0.0693. The Hall–Kier alpha value is -2.72. The molecule has 1 fully saturated rings. The van der Waals surface area contributed by atoms with Crippen molar-refractivity contribution in [2.24, 2.45) is 0 Å². The number of amides is 1. The molecule has 1 amide bonds. The molecule has 9 nitrogen and oxygen atoms in total. The molecule has 1 saturated heterocycles. The maximum atomic E-state index is 13.0. The van der Waals surface area contributed by atoms with Crippen molar-refractivity contribution in [3.05, 3.63) is 51.5 Å². The van der Waals surface area contributed by atoms with Gasteiger partial charge in [-0.1, -0.05) is 23.2 Å². The van der Waals surface area contributed by atoms with E-state index in [9.17, 15) is 19.8 Å². The first-order chi connectivity index (χ1) is 15.7. The standard InChI is InChI=1S/C22H25Cl2N3O6/c1-25-4-6-26(7-5-25)8-9-33-22(32)27(13-14-10-15(23)11-18(24)20(14)29)16-2-3-17(21(30)31)19(28)12-16/h2-3,10-12,28-29H,4-9,13H2,1H3,(H,30,31). The Labute approximate surface area is 201 Å².